The van der Waals surface area contributed by atoms with Crippen LogP contribution >= 0.6 is 46.4 Å². The van der Waals surface area contributed by atoms with E-state index in [2.05, 4.69) is 0 Å². The van der Waals surface area contributed by atoms with Crippen LogP contribution in [0.4, 0.5) is 0 Å². The highest BCUT2D eigenvalue weighted by Gasteiger charge is 2.28. The van der Waals surface area contributed by atoms with Crippen molar-refractivity contribution in [3.63, 3.8) is 0 Å². The number of carbonyl (C=O) groups excluding carboxylic acids is 1. The van der Waals surface area contributed by atoms with Crippen LogP contribution in [-0.2, 0) is 0 Å². The topological polar surface area (TPSA) is 35.5 Å². The van der Waals surface area contributed by atoms with E-state index in [9.17, 15) is 4.79 Å². The van der Waals surface area contributed by atoms with Crippen LogP contribution in [0, 0.1) is 0 Å². The van der Waals surface area contributed by atoms with E-state index in [1.807, 2.05) is 0 Å². The van der Waals surface area contributed by atoms with Gasteiger partial charge in [-0.05, 0) is 42.0 Å². The highest BCUT2D eigenvalue weighted by molar-refractivity contribution is 6.40. The summed E-state index contributed by atoms with van der Waals surface area (Å²) in [5.74, 6) is 0.690. The van der Waals surface area contributed by atoms with Crippen LogP contribution in [-0.4, -0.2) is 25.4 Å². The summed E-state index contributed by atoms with van der Waals surface area (Å²) in [7, 11) is 3.01. The zero-order valence-electron chi connectivity index (χ0n) is 12.9. The molecule has 2 aromatic rings. The second kappa shape index (κ2) is 8.30. The lowest BCUT2D eigenvalue weighted by Gasteiger charge is -2.17. The van der Waals surface area contributed by atoms with Crippen molar-refractivity contribution in [2.24, 2.45) is 0 Å². The molecule has 0 aromatic heterocycles. The van der Waals surface area contributed by atoms with Crippen LogP contribution in [0.3, 0.4) is 0 Å². The largest absolute Gasteiger partial charge is 0.497 e. The highest BCUT2D eigenvalue weighted by Crippen LogP contribution is 2.39. The van der Waals surface area contributed by atoms with Crippen LogP contribution in [0.1, 0.15) is 21.3 Å². The average Bonchev–Trinajstić information content (AvgIpc) is 2.59. The van der Waals surface area contributed by atoms with Crippen molar-refractivity contribution in [2.45, 2.75) is 10.8 Å². The smallest absolute Gasteiger partial charge is 0.182 e. The molecule has 7 heteroatoms. The molecule has 0 aliphatic heterocycles. The fourth-order valence-electron chi connectivity index (χ4n) is 2.15. The van der Waals surface area contributed by atoms with Gasteiger partial charge in [-0.25, -0.2) is 0 Å². The molecule has 2 rings (SSSR count). The van der Waals surface area contributed by atoms with Gasteiger partial charge in [0.25, 0.3) is 0 Å². The summed E-state index contributed by atoms with van der Waals surface area (Å²) in [6.07, 6.45) is 0. The lowest BCUT2D eigenvalue weighted by atomic mass is 10.0. The number of hydrogen-bond donors (Lipinski definition) is 0. The van der Waals surface area contributed by atoms with Gasteiger partial charge in [0.05, 0.1) is 29.6 Å². The number of ether oxygens (including phenoxy) is 2. The van der Waals surface area contributed by atoms with Crippen molar-refractivity contribution < 1.29 is 14.3 Å². The van der Waals surface area contributed by atoms with Crippen LogP contribution in [0.25, 0.3) is 0 Å². The molecule has 0 radical (unpaired) electrons. The number of alkyl halides is 2. The van der Waals surface area contributed by atoms with Crippen molar-refractivity contribution in [1.29, 1.82) is 0 Å². The third kappa shape index (κ3) is 4.09. The Morgan fingerprint density at radius 1 is 0.958 bits per heavy atom. The zero-order chi connectivity index (χ0) is 17.9. The van der Waals surface area contributed by atoms with Crippen molar-refractivity contribution in [3.8, 4) is 11.5 Å². The van der Waals surface area contributed by atoms with Gasteiger partial charge >= 0.3 is 0 Å². The predicted molar refractivity (Wildman–Crippen MR) is 98.6 cm³/mol. The van der Waals surface area contributed by atoms with Crippen LogP contribution in [0.15, 0.2) is 36.4 Å². The Labute approximate surface area is 160 Å². The molecule has 24 heavy (non-hydrogen) atoms. The minimum atomic E-state index is -0.986. The molecule has 2 atom stereocenters. The Morgan fingerprint density at radius 2 is 1.50 bits per heavy atom. The normalized spacial score (nSPS) is 13.2. The lowest BCUT2D eigenvalue weighted by Crippen LogP contribution is -2.20. The molecule has 0 saturated heterocycles. The van der Waals surface area contributed by atoms with Gasteiger partial charge in [-0.3, -0.25) is 4.79 Å². The van der Waals surface area contributed by atoms with E-state index in [-0.39, 0.29) is 5.78 Å². The minimum Gasteiger partial charge on any atom is -0.497 e. The quantitative estimate of drug-likeness (QED) is 0.449. The second-order valence-electron chi connectivity index (χ2n) is 4.91. The van der Waals surface area contributed by atoms with Gasteiger partial charge in [-0.1, -0.05) is 23.2 Å². The van der Waals surface area contributed by atoms with Gasteiger partial charge in [-0.15, -0.1) is 23.2 Å². The highest BCUT2D eigenvalue weighted by atomic mass is 35.5. The summed E-state index contributed by atoms with van der Waals surface area (Å²) >= 11 is 24.8. The van der Waals surface area contributed by atoms with E-state index in [1.54, 1.807) is 43.5 Å². The molecule has 0 amide bonds. The van der Waals surface area contributed by atoms with E-state index < -0.39 is 10.8 Å². The molecule has 128 valence electrons. The van der Waals surface area contributed by atoms with E-state index in [0.29, 0.717) is 32.7 Å². The van der Waals surface area contributed by atoms with Gasteiger partial charge in [0.1, 0.15) is 11.1 Å². The standard InChI is InChI=1S/C17H14Cl4O3/c1-23-11-5-3-9(4-6-11)16(22)15(21)14(20)10-7-12(18)17(24-2)13(19)8-10/h3-8,14-15H,1-2H3/t14-,15+/m0/s1. The molecular formula is C17H14Cl4O3. The molecule has 0 heterocycles. The fraction of sp³-hybridized carbons (Fsp3) is 0.235. The van der Waals surface area contributed by atoms with Crippen LogP contribution in [0.5, 0.6) is 11.5 Å². The number of methoxy groups -OCH3 is 2. The van der Waals surface area contributed by atoms with Crippen molar-refractivity contribution in [1.82, 2.24) is 0 Å². The van der Waals surface area contributed by atoms with Gasteiger partial charge in [-0.2, -0.15) is 0 Å². The SMILES string of the molecule is COc1ccc(C(=O)[C@H](Cl)[C@@H](Cl)c2cc(Cl)c(OC)c(Cl)c2)cc1. The third-order valence-corrected chi connectivity index (χ3v) is 5.07. The predicted octanol–water partition coefficient (Wildman–Crippen LogP) is 5.78. The number of carbonyl (C=O) groups is 1. The number of hydrogen-bond acceptors (Lipinski definition) is 3. The minimum absolute atomic E-state index is 0.298. The molecule has 0 aliphatic carbocycles. The Balaban J connectivity index is 2.24. The van der Waals surface area contributed by atoms with Gasteiger partial charge in [0.2, 0.25) is 0 Å². The molecule has 0 spiro atoms. The molecule has 0 fully saturated rings. The lowest BCUT2D eigenvalue weighted by molar-refractivity contribution is 0.0985. The Kier molecular flexibility index (Phi) is 6.64. The molecule has 0 bridgehead atoms. The molecule has 0 N–H and O–H groups in total. The van der Waals surface area contributed by atoms with E-state index in [4.69, 9.17) is 55.9 Å². The van der Waals surface area contributed by atoms with E-state index in [1.165, 1.54) is 7.11 Å². The number of ketones is 1. The maximum atomic E-state index is 12.5. The summed E-state index contributed by atoms with van der Waals surface area (Å²) in [4.78, 5) is 12.5. The summed E-state index contributed by atoms with van der Waals surface area (Å²) < 4.78 is 10.2. The van der Waals surface area contributed by atoms with Crippen LogP contribution in [0.2, 0.25) is 10.0 Å². The van der Waals surface area contributed by atoms with E-state index >= 15 is 0 Å². The molecule has 3 nitrogen and oxygen atoms in total. The fourth-order valence-corrected chi connectivity index (χ4v) is 3.32. The van der Waals surface area contributed by atoms with Gasteiger partial charge in [0.15, 0.2) is 11.5 Å². The van der Waals surface area contributed by atoms with Crippen LogP contribution < -0.4 is 9.47 Å². The van der Waals surface area contributed by atoms with Gasteiger partial charge < -0.3 is 9.47 Å². The Morgan fingerprint density at radius 3 is 1.96 bits per heavy atom. The summed E-state index contributed by atoms with van der Waals surface area (Å²) in [6, 6.07) is 9.80. The molecule has 2 aromatic carbocycles. The van der Waals surface area contributed by atoms with E-state index in [0.717, 1.165) is 0 Å². The molecule has 0 unspecified atom stereocenters. The summed E-state index contributed by atoms with van der Waals surface area (Å²) in [6.45, 7) is 0. The molecular weight excluding hydrogens is 394 g/mol. The Bertz CT molecular complexity index is 708. The maximum Gasteiger partial charge on any atom is 0.182 e. The third-order valence-electron chi connectivity index (χ3n) is 3.43. The number of rotatable bonds is 6. The first kappa shape index (κ1) is 19.2. The number of benzene rings is 2. The average molecular weight is 408 g/mol. The molecule has 0 aliphatic rings. The Hall–Kier alpha value is -1.13. The van der Waals surface area contributed by atoms with Gasteiger partial charge in [0, 0.05) is 5.56 Å². The molecule has 0 saturated carbocycles. The first-order chi connectivity index (χ1) is 11.4. The van der Waals surface area contributed by atoms with Crippen molar-refractivity contribution in [2.75, 3.05) is 14.2 Å². The van der Waals surface area contributed by atoms with Crippen molar-refractivity contribution in [3.05, 3.63) is 57.6 Å². The first-order valence-electron chi connectivity index (χ1n) is 6.88. The maximum absolute atomic E-state index is 12.5. The second-order valence-corrected chi connectivity index (χ2v) is 6.67. The summed E-state index contributed by atoms with van der Waals surface area (Å²) in [5, 5.41) is -1.19. The monoisotopic (exact) mass is 406 g/mol. The van der Waals surface area contributed by atoms with Crippen molar-refractivity contribution >= 4 is 52.2 Å². The number of Topliss-reactive ketones (excluding diaryl/α,β-unsaturated/α-hetero) is 1. The number of halogens is 4. The zero-order valence-corrected chi connectivity index (χ0v) is 15.9. The summed E-state index contributed by atoms with van der Waals surface area (Å²) in [5.41, 5.74) is 0.974. The first-order valence-corrected chi connectivity index (χ1v) is 8.51.